The second kappa shape index (κ2) is 53.5. The van der Waals surface area contributed by atoms with Crippen molar-refractivity contribution in [3.8, 4) is 0 Å². The highest BCUT2D eigenvalue weighted by Crippen LogP contribution is 2.37. The number of aliphatic hydroxyl groups is 21. The average molecular weight is 1650 g/mol. The lowest BCUT2D eigenvalue weighted by Gasteiger charge is -2.47. The fraction of sp³-hybridized carbons (Fsp3) is 1.00. The molecule has 0 amide bonds. The quantitative estimate of drug-likeness (QED) is 0.0274. The maximum Gasteiger partial charge on any atom is 0.187 e. The van der Waals surface area contributed by atoms with Crippen LogP contribution in [-0.4, -0.2) is 391 Å². The minimum Gasteiger partial charge on any atom is -0.394 e. The van der Waals surface area contributed by atoms with Gasteiger partial charge in [-0.15, -0.1) is 0 Å². The molecular formula is C77H144O36. The average Bonchev–Trinajstić information content (AvgIpc) is 0.789. The van der Waals surface area contributed by atoms with Crippen molar-refractivity contribution < 1.29 is 178 Å². The lowest BCUT2D eigenvalue weighted by Crippen LogP contribution is -2.65. The third kappa shape index (κ3) is 30.2. The molecular weight excluding hydrogens is 1500 g/mol. The Morgan fingerprint density at radius 2 is 0.469 bits per heavy atom. The molecule has 31 atom stereocenters. The molecule has 0 aromatic heterocycles. The monoisotopic (exact) mass is 1640 g/mol. The van der Waals surface area contributed by atoms with Crippen LogP contribution in [0.3, 0.4) is 0 Å². The Morgan fingerprint density at radius 1 is 0.239 bits per heavy atom. The number of aliphatic hydroxyl groups excluding tert-OH is 21. The van der Waals surface area contributed by atoms with Crippen LogP contribution in [0.4, 0.5) is 0 Å². The molecule has 36 heteroatoms. The van der Waals surface area contributed by atoms with Crippen molar-refractivity contribution in [1.82, 2.24) is 0 Å². The van der Waals surface area contributed by atoms with Crippen molar-refractivity contribution in [1.29, 1.82) is 0 Å². The van der Waals surface area contributed by atoms with Gasteiger partial charge in [0.05, 0.1) is 91.3 Å². The van der Waals surface area contributed by atoms with Crippen LogP contribution in [0, 0.1) is 23.2 Å². The second-order valence-electron chi connectivity index (χ2n) is 31.9. The van der Waals surface area contributed by atoms with Crippen LogP contribution >= 0.6 is 0 Å². The van der Waals surface area contributed by atoms with Gasteiger partial charge in [-0.25, -0.2) is 0 Å². The van der Waals surface area contributed by atoms with E-state index in [4.69, 9.17) is 71.1 Å². The first kappa shape index (κ1) is 100. The van der Waals surface area contributed by atoms with Gasteiger partial charge in [-0.3, -0.25) is 0 Å². The van der Waals surface area contributed by atoms with E-state index in [1.54, 1.807) is 0 Å². The van der Waals surface area contributed by atoms with Crippen LogP contribution in [0.1, 0.15) is 182 Å². The van der Waals surface area contributed by atoms with E-state index in [9.17, 15) is 107 Å². The van der Waals surface area contributed by atoms with Crippen LogP contribution in [0.15, 0.2) is 0 Å². The first-order chi connectivity index (χ1) is 54.3. The molecule has 6 heterocycles. The van der Waals surface area contributed by atoms with Gasteiger partial charge >= 0.3 is 0 Å². The summed E-state index contributed by atoms with van der Waals surface area (Å²) in [6, 6.07) is 0. The molecule has 0 bridgehead atoms. The minimum absolute atomic E-state index is 0.139. The van der Waals surface area contributed by atoms with E-state index < -0.39 is 262 Å². The highest BCUT2D eigenvalue weighted by molar-refractivity contribution is 4.99. The Labute approximate surface area is 664 Å². The smallest absolute Gasteiger partial charge is 0.187 e. The molecule has 0 spiro atoms. The third-order valence-electron chi connectivity index (χ3n) is 22.6. The van der Waals surface area contributed by atoms with E-state index in [-0.39, 0.29) is 31.7 Å². The zero-order valence-electron chi connectivity index (χ0n) is 66.6. The lowest BCUT2D eigenvalue weighted by atomic mass is 9.91. The van der Waals surface area contributed by atoms with Gasteiger partial charge in [0.2, 0.25) is 0 Å². The van der Waals surface area contributed by atoms with Crippen molar-refractivity contribution in [3.63, 3.8) is 0 Å². The maximum atomic E-state index is 12.0. The second-order valence-corrected chi connectivity index (χ2v) is 31.9. The fourth-order valence-electron chi connectivity index (χ4n) is 15.3. The normalized spacial score (nSPS) is 37.3. The topological polar surface area (TPSA) is 563 Å². The Kier molecular flexibility index (Phi) is 47.5. The van der Waals surface area contributed by atoms with Gasteiger partial charge in [-0.2, -0.15) is 0 Å². The van der Waals surface area contributed by atoms with Gasteiger partial charge in [-0.1, -0.05) is 156 Å². The first-order valence-corrected chi connectivity index (χ1v) is 41.7. The van der Waals surface area contributed by atoms with Gasteiger partial charge in [0, 0.05) is 19.1 Å². The standard InChI is InChI=1S/C77H144O36/c1-5-9-13-17-21-25-44(26-22-18-14-10-6-2)35-99-37-46(38-100-36-45(27-23-19-15-11-7-3)28-24-20-16-12-8-4)39-101-40-77(41-102-71-65(96)59(90)68(50(32-81)108-71)111-74-62(93)56(87)53(84)47(29-78)105-74,42-103-72-66(97)60(91)69(51(33-82)109-72)112-75-63(94)57(88)54(85)48(30-79)106-75)43-104-73-67(98)61(92)70(52(34-83)110-73)113-76-64(95)58(89)55(86)49(31-80)107-76/h44-76,78-98H,5-43H2,1-4H3/t47?,48?,49?,50?,51?,52?,53-,54-,55-,56?,57?,58?,59?,60?,61?,62?,63?,64?,65?,66?,67?,68-,69-,70+,71-,72-,73-,74-,75+,76-,77?/m1/s1. The molecule has 6 aliphatic rings. The first-order valence-electron chi connectivity index (χ1n) is 41.7. The summed E-state index contributed by atoms with van der Waals surface area (Å²) < 4.78 is 91.7. The maximum absolute atomic E-state index is 12.0. The summed E-state index contributed by atoms with van der Waals surface area (Å²) in [6.07, 6.45) is -30.6. The molecule has 6 fully saturated rings. The van der Waals surface area contributed by atoms with Crippen LogP contribution in [0.25, 0.3) is 0 Å². The van der Waals surface area contributed by atoms with E-state index in [2.05, 4.69) is 27.7 Å². The highest BCUT2D eigenvalue weighted by Gasteiger charge is 2.56. The SMILES string of the molecule is CCCCCCCC(CCCCCCC)COCC(COCC(CCCCCCC)CCCCCCC)COCC(CO[C@@H]1OC(CO)[C@@H](O[C@H]2OC(CO)[C@@H](O)C(O)C2O)C(O)C1O)(CO[C@@H]1OC(CO)[C@@H](O[C@@H]2OC(CO)[C@@H](O)C(O)C2O)C(O)C1O)CO[C@@H]1OC(CO)[C@H](O[C@H]2OC(CO)[C@@H](O)C(O)C2O)C(O)C1O. The summed E-state index contributed by atoms with van der Waals surface area (Å²) in [4.78, 5) is 0. The Bertz CT molecular complexity index is 2160. The number of hydrogen-bond donors (Lipinski definition) is 21. The fourth-order valence-corrected chi connectivity index (χ4v) is 15.3. The number of hydrogen-bond acceptors (Lipinski definition) is 36. The number of ether oxygens (including phenoxy) is 15. The summed E-state index contributed by atoms with van der Waals surface area (Å²) >= 11 is 0. The van der Waals surface area contributed by atoms with Gasteiger partial charge < -0.3 is 178 Å². The molecule has 0 aromatic carbocycles. The summed E-state index contributed by atoms with van der Waals surface area (Å²) in [5.74, 6) is 0.0123. The number of unbranched alkanes of at least 4 members (excludes halogenated alkanes) is 16. The van der Waals surface area contributed by atoms with Gasteiger partial charge in [0.25, 0.3) is 0 Å². The highest BCUT2D eigenvalue weighted by atomic mass is 16.8. The van der Waals surface area contributed by atoms with Gasteiger partial charge in [0.1, 0.15) is 146 Å². The molecule has 0 aliphatic carbocycles. The van der Waals surface area contributed by atoms with Gasteiger partial charge in [0.15, 0.2) is 37.7 Å². The van der Waals surface area contributed by atoms with Gasteiger partial charge in [-0.05, 0) is 37.5 Å². The molecule has 668 valence electrons. The van der Waals surface area contributed by atoms with E-state index in [1.165, 1.54) is 0 Å². The molecule has 0 aromatic rings. The largest absolute Gasteiger partial charge is 0.394 e. The molecule has 19 unspecified atom stereocenters. The van der Waals surface area contributed by atoms with Crippen molar-refractivity contribution in [2.45, 2.75) is 366 Å². The summed E-state index contributed by atoms with van der Waals surface area (Å²) in [5.41, 5.74) is -2.00. The lowest BCUT2D eigenvalue weighted by molar-refractivity contribution is -0.370. The molecule has 113 heavy (non-hydrogen) atoms. The summed E-state index contributed by atoms with van der Waals surface area (Å²) in [5, 5.41) is 230. The zero-order chi connectivity index (χ0) is 82.7. The molecule has 6 aliphatic heterocycles. The van der Waals surface area contributed by atoms with Crippen molar-refractivity contribution in [2.24, 2.45) is 23.2 Å². The predicted octanol–water partition coefficient (Wildman–Crippen LogP) is -2.76. The Balaban J connectivity index is 1.39. The summed E-state index contributed by atoms with van der Waals surface area (Å²) in [7, 11) is 0. The summed E-state index contributed by atoms with van der Waals surface area (Å²) in [6.45, 7) is 1.12. The molecule has 6 saturated heterocycles. The van der Waals surface area contributed by atoms with Crippen molar-refractivity contribution in [2.75, 3.05) is 99.1 Å². The van der Waals surface area contributed by atoms with E-state index in [1.807, 2.05) is 0 Å². The van der Waals surface area contributed by atoms with Crippen LogP contribution in [0.2, 0.25) is 0 Å². The molecule has 0 saturated carbocycles. The van der Waals surface area contributed by atoms with Crippen LogP contribution in [-0.2, 0) is 71.1 Å². The molecule has 36 nitrogen and oxygen atoms in total. The van der Waals surface area contributed by atoms with Crippen LogP contribution in [0.5, 0.6) is 0 Å². The molecule has 6 rings (SSSR count). The third-order valence-corrected chi connectivity index (χ3v) is 22.6. The Hall–Kier alpha value is -1.44. The minimum atomic E-state index is -2.16. The van der Waals surface area contributed by atoms with Crippen molar-refractivity contribution >= 4 is 0 Å². The van der Waals surface area contributed by atoms with Crippen LogP contribution < -0.4 is 0 Å². The van der Waals surface area contributed by atoms with E-state index in [0.29, 0.717) is 13.2 Å². The zero-order valence-corrected chi connectivity index (χ0v) is 66.6. The van der Waals surface area contributed by atoms with E-state index in [0.717, 1.165) is 154 Å². The Morgan fingerprint density at radius 3 is 0.726 bits per heavy atom. The number of rotatable bonds is 57. The molecule has 0 radical (unpaired) electrons. The van der Waals surface area contributed by atoms with Crippen molar-refractivity contribution in [3.05, 3.63) is 0 Å². The molecule has 21 N–H and O–H groups in total. The predicted molar refractivity (Wildman–Crippen MR) is 396 cm³/mol. The van der Waals surface area contributed by atoms with E-state index >= 15 is 0 Å².